The van der Waals surface area contributed by atoms with Crippen LogP contribution in [0.3, 0.4) is 0 Å². The molecule has 0 unspecified atom stereocenters. The highest BCUT2D eigenvalue weighted by molar-refractivity contribution is 5.28. The van der Waals surface area contributed by atoms with E-state index in [-0.39, 0.29) is 18.4 Å². The van der Waals surface area contributed by atoms with E-state index in [1.807, 2.05) is 6.07 Å². The largest absolute Gasteiger partial charge is 0.435 e. The van der Waals surface area contributed by atoms with Crippen molar-refractivity contribution < 1.29 is 13.2 Å². The van der Waals surface area contributed by atoms with E-state index in [0.717, 1.165) is 0 Å². The summed E-state index contributed by atoms with van der Waals surface area (Å²) in [6.07, 6.45) is -3.85. The minimum absolute atomic E-state index is 0.0651. The second kappa shape index (κ2) is 4.34. The predicted octanol–water partition coefficient (Wildman–Crippen LogP) is 2.45. The van der Waals surface area contributed by atoms with Gasteiger partial charge < -0.3 is 0 Å². The van der Waals surface area contributed by atoms with E-state index in [1.54, 1.807) is 6.92 Å². The number of aromatic amines is 1. The highest BCUT2D eigenvalue weighted by Crippen LogP contribution is 2.32. The molecule has 0 atom stereocenters. The first-order valence-electron chi connectivity index (χ1n) is 4.51. The van der Waals surface area contributed by atoms with Crippen LogP contribution in [0.25, 0.3) is 0 Å². The number of H-pyrrole nitrogens is 1. The van der Waals surface area contributed by atoms with Gasteiger partial charge in [-0.05, 0) is 12.8 Å². The van der Waals surface area contributed by atoms with Gasteiger partial charge in [-0.3, -0.25) is 5.10 Å². The van der Waals surface area contributed by atoms with Crippen LogP contribution in [-0.4, -0.2) is 10.2 Å². The van der Waals surface area contributed by atoms with Crippen molar-refractivity contribution in [2.45, 2.75) is 32.4 Å². The number of halogens is 3. The zero-order chi connectivity index (χ0) is 11.5. The lowest BCUT2D eigenvalue weighted by Crippen LogP contribution is -2.09. The SMILES string of the molecule is CCc1[nH]nc(C(F)(F)F)c1CCC#N. The molecule has 1 aromatic rings. The molecule has 0 aromatic carbocycles. The Morgan fingerprint density at radius 3 is 2.60 bits per heavy atom. The van der Waals surface area contributed by atoms with Crippen molar-refractivity contribution in [1.82, 2.24) is 10.2 Å². The van der Waals surface area contributed by atoms with E-state index in [4.69, 9.17) is 5.26 Å². The number of aromatic nitrogens is 2. The minimum atomic E-state index is -4.45. The Morgan fingerprint density at radius 1 is 1.47 bits per heavy atom. The van der Waals surface area contributed by atoms with E-state index in [9.17, 15) is 13.2 Å². The molecule has 0 saturated carbocycles. The summed E-state index contributed by atoms with van der Waals surface area (Å²) < 4.78 is 37.4. The number of nitrogens with zero attached hydrogens (tertiary/aromatic N) is 2. The molecule has 0 amide bonds. The van der Waals surface area contributed by atoms with Crippen LogP contribution in [0, 0.1) is 11.3 Å². The Bertz CT molecular complexity index is 373. The number of alkyl halides is 3. The zero-order valence-electron chi connectivity index (χ0n) is 8.15. The zero-order valence-corrected chi connectivity index (χ0v) is 8.15. The van der Waals surface area contributed by atoms with Gasteiger partial charge in [0.05, 0.1) is 6.07 Å². The first kappa shape index (κ1) is 11.6. The van der Waals surface area contributed by atoms with Crippen LogP contribution >= 0.6 is 0 Å². The van der Waals surface area contributed by atoms with Crippen molar-refractivity contribution in [2.24, 2.45) is 0 Å². The van der Waals surface area contributed by atoms with Gasteiger partial charge in [0, 0.05) is 17.7 Å². The fraction of sp³-hybridized carbons (Fsp3) is 0.556. The summed E-state index contributed by atoms with van der Waals surface area (Å²) in [5.41, 5.74) is -0.321. The van der Waals surface area contributed by atoms with Gasteiger partial charge in [-0.25, -0.2) is 0 Å². The van der Waals surface area contributed by atoms with E-state index in [1.165, 1.54) is 0 Å². The van der Waals surface area contributed by atoms with Gasteiger partial charge in [0.2, 0.25) is 0 Å². The number of hydrogen-bond acceptors (Lipinski definition) is 2. The Morgan fingerprint density at radius 2 is 2.13 bits per heavy atom. The maximum atomic E-state index is 12.5. The molecule has 82 valence electrons. The molecular weight excluding hydrogens is 207 g/mol. The number of nitriles is 1. The highest BCUT2D eigenvalue weighted by Gasteiger charge is 2.37. The first-order chi connectivity index (χ1) is 7.00. The molecule has 0 saturated heterocycles. The van der Waals surface area contributed by atoms with Crippen molar-refractivity contribution >= 4 is 0 Å². The average Bonchev–Trinajstić information content (AvgIpc) is 2.56. The smallest absolute Gasteiger partial charge is 0.282 e. The third-order valence-electron chi connectivity index (χ3n) is 2.06. The Labute approximate surface area is 84.9 Å². The molecule has 0 bridgehead atoms. The molecule has 0 aliphatic heterocycles. The summed E-state index contributed by atoms with van der Waals surface area (Å²) >= 11 is 0. The fourth-order valence-electron chi connectivity index (χ4n) is 1.38. The first-order valence-corrected chi connectivity index (χ1v) is 4.51. The Hall–Kier alpha value is -1.51. The third-order valence-corrected chi connectivity index (χ3v) is 2.06. The summed E-state index contributed by atoms with van der Waals surface area (Å²) in [5.74, 6) is 0. The summed E-state index contributed by atoms with van der Waals surface area (Å²) in [5, 5.41) is 14.0. The average molecular weight is 217 g/mol. The number of nitrogens with one attached hydrogen (secondary N) is 1. The number of hydrogen-bond donors (Lipinski definition) is 1. The molecule has 0 aliphatic carbocycles. The van der Waals surface area contributed by atoms with Crippen LogP contribution < -0.4 is 0 Å². The lowest BCUT2D eigenvalue weighted by molar-refractivity contribution is -0.141. The standard InChI is InChI=1S/C9H10F3N3/c1-2-7-6(4-3-5-13)8(15-14-7)9(10,11)12/h2-4H2,1H3,(H,14,15). The van der Waals surface area contributed by atoms with Crippen LogP contribution in [0.2, 0.25) is 0 Å². The molecular formula is C9H10F3N3. The molecule has 1 rings (SSSR count). The quantitative estimate of drug-likeness (QED) is 0.845. The van der Waals surface area contributed by atoms with Crippen LogP contribution in [0.15, 0.2) is 0 Å². The Kier molecular flexibility index (Phi) is 3.35. The lowest BCUT2D eigenvalue weighted by atomic mass is 10.1. The molecule has 0 aliphatic rings. The molecule has 0 radical (unpaired) electrons. The summed E-state index contributed by atoms with van der Waals surface area (Å²) in [6.45, 7) is 1.74. The second-order valence-electron chi connectivity index (χ2n) is 3.04. The van der Waals surface area contributed by atoms with E-state index >= 15 is 0 Å². The van der Waals surface area contributed by atoms with Gasteiger partial charge in [-0.1, -0.05) is 6.92 Å². The van der Waals surface area contributed by atoms with Gasteiger partial charge in [-0.2, -0.15) is 23.5 Å². The van der Waals surface area contributed by atoms with Crippen molar-refractivity contribution in [3.8, 4) is 6.07 Å². The third kappa shape index (κ3) is 2.49. The normalized spacial score (nSPS) is 11.4. The van der Waals surface area contributed by atoms with Crippen molar-refractivity contribution in [3.63, 3.8) is 0 Å². The minimum Gasteiger partial charge on any atom is -0.282 e. The van der Waals surface area contributed by atoms with Crippen LogP contribution in [0.4, 0.5) is 13.2 Å². The predicted molar refractivity (Wildman–Crippen MR) is 46.9 cm³/mol. The van der Waals surface area contributed by atoms with Gasteiger partial charge in [-0.15, -0.1) is 0 Å². The maximum Gasteiger partial charge on any atom is 0.435 e. The summed E-state index contributed by atoms with van der Waals surface area (Å²) in [6, 6.07) is 1.83. The molecule has 6 heteroatoms. The summed E-state index contributed by atoms with van der Waals surface area (Å²) in [7, 11) is 0. The molecule has 3 nitrogen and oxygen atoms in total. The summed E-state index contributed by atoms with van der Waals surface area (Å²) in [4.78, 5) is 0. The van der Waals surface area contributed by atoms with Gasteiger partial charge in [0.25, 0.3) is 0 Å². The lowest BCUT2D eigenvalue weighted by Gasteiger charge is -2.05. The molecule has 0 spiro atoms. The highest BCUT2D eigenvalue weighted by atomic mass is 19.4. The Balaban J connectivity index is 3.07. The molecule has 1 aromatic heterocycles. The molecule has 0 fully saturated rings. The monoisotopic (exact) mass is 217 g/mol. The van der Waals surface area contributed by atoms with Crippen LogP contribution in [0.1, 0.15) is 30.3 Å². The van der Waals surface area contributed by atoms with Gasteiger partial charge in [0.15, 0.2) is 5.69 Å². The van der Waals surface area contributed by atoms with Crippen molar-refractivity contribution in [3.05, 3.63) is 17.0 Å². The van der Waals surface area contributed by atoms with E-state index in [2.05, 4.69) is 10.2 Å². The van der Waals surface area contributed by atoms with Gasteiger partial charge >= 0.3 is 6.18 Å². The molecule has 15 heavy (non-hydrogen) atoms. The van der Waals surface area contributed by atoms with E-state index in [0.29, 0.717) is 12.1 Å². The second-order valence-corrected chi connectivity index (χ2v) is 3.04. The fourth-order valence-corrected chi connectivity index (χ4v) is 1.38. The van der Waals surface area contributed by atoms with Crippen LogP contribution in [-0.2, 0) is 19.0 Å². The molecule has 1 heterocycles. The van der Waals surface area contributed by atoms with Crippen molar-refractivity contribution in [1.29, 1.82) is 5.26 Å². The maximum absolute atomic E-state index is 12.5. The number of aryl methyl sites for hydroxylation is 1. The topological polar surface area (TPSA) is 52.5 Å². The van der Waals surface area contributed by atoms with E-state index < -0.39 is 11.9 Å². The van der Waals surface area contributed by atoms with Crippen LogP contribution in [0.5, 0.6) is 0 Å². The van der Waals surface area contributed by atoms with Gasteiger partial charge in [0.1, 0.15) is 0 Å². The van der Waals surface area contributed by atoms with Crippen molar-refractivity contribution in [2.75, 3.05) is 0 Å². The number of rotatable bonds is 3. The molecule has 1 N–H and O–H groups in total.